The average molecular weight is 357 g/mol. The van der Waals surface area contributed by atoms with E-state index in [1.165, 1.54) is 18.4 Å². The van der Waals surface area contributed by atoms with E-state index in [1.807, 2.05) is 18.2 Å². The number of benzene rings is 1. The molecular formula is C23H32O3. The van der Waals surface area contributed by atoms with Crippen molar-refractivity contribution in [2.24, 2.45) is 22.7 Å². The molecule has 0 aromatic heterocycles. The molecule has 2 fully saturated rings. The van der Waals surface area contributed by atoms with Crippen LogP contribution in [-0.4, -0.2) is 20.0 Å². The molecule has 1 unspecified atom stereocenters. The Morgan fingerprint density at radius 1 is 1.04 bits per heavy atom. The van der Waals surface area contributed by atoms with Crippen LogP contribution in [0.3, 0.4) is 0 Å². The molecule has 26 heavy (non-hydrogen) atoms. The fourth-order valence-electron chi connectivity index (χ4n) is 5.53. The maximum atomic E-state index is 13.6. The van der Waals surface area contributed by atoms with Crippen LogP contribution in [0, 0.1) is 22.7 Å². The zero-order valence-electron chi connectivity index (χ0n) is 16.9. The van der Waals surface area contributed by atoms with E-state index >= 15 is 0 Å². The number of allylic oxidation sites excluding steroid dienone is 1. The van der Waals surface area contributed by atoms with Gasteiger partial charge in [-0.15, -0.1) is 0 Å². The predicted octanol–water partition coefficient (Wildman–Crippen LogP) is 5.69. The van der Waals surface area contributed by atoms with Gasteiger partial charge in [0, 0.05) is 17.5 Å². The smallest absolute Gasteiger partial charge is 0.167 e. The minimum atomic E-state index is -0.0230. The largest absolute Gasteiger partial charge is 0.497 e. The molecule has 1 aromatic rings. The zero-order chi connectivity index (χ0) is 19.1. The second-order valence-corrected chi connectivity index (χ2v) is 9.08. The summed E-state index contributed by atoms with van der Waals surface area (Å²) in [5.74, 6) is 2.01. The van der Waals surface area contributed by atoms with E-state index < -0.39 is 0 Å². The first-order valence-corrected chi connectivity index (χ1v) is 9.65. The van der Waals surface area contributed by atoms with Crippen molar-refractivity contribution in [2.75, 3.05) is 14.2 Å². The Morgan fingerprint density at radius 3 is 2.23 bits per heavy atom. The summed E-state index contributed by atoms with van der Waals surface area (Å²) < 4.78 is 10.7. The molecular weight excluding hydrogens is 324 g/mol. The average Bonchev–Trinajstić information content (AvgIpc) is 2.61. The van der Waals surface area contributed by atoms with Crippen molar-refractivity contribution in [3.8, 4) is 11.5 Å². The number of methoxy groups -OCH3 is 2. The summed E-state index contributed by atoms with van der Waals surface area (Å²) in [7, 11) is 3.24. The number of fused-ring (bicyclic) bond motifs is 1. The van der Waals surface area contributed by atoms with Crippen molar-refractivity contribution in [2.45, 2.75) is 52.9 Å². The minimum Gasteiger partial charge on any atom is -0.497 e. The summed E-state index contributed by atoms with van der Waals surface area (Å²) >= 11 is 0. The van der Waals surface area contributed by atoms with E-state index in [1.54, 1.807) is 14.2 Å². The van der Waals surface area contributed by atoms with Crippen LogP contribution in [-0.2, 0) is 0 Å². The molecule has 3 heteroatoms. The summed E-state index contributed by atoms with van der Waals surface area (Å²) in [6, 6.07) is 5.49. The first-order valence-electron chi connectivity index (χ1n) is 9.65. The molecule has 2 aliphatic rings. The lowest BCUT2D eigenvalue weighted by atomic mass is 9.47. The van der Waals surface area contributed by atoms with Crippen molar-refractivity contribution < 1.29 is 14.3 Å². The van der Waals surface area contributed by atoms with Crippen LogP contribution < -0.4 is 9.47 Å². The van der Waals surface area contributed by atoms with E-state index in [4.69, 9.17) is 9.47 Å². The molecule has 1 aromatic carbocycles. The number of hydrogen-bond acceptors (Lipinski definition) is 3. The van der Waals surface area contributed by atoms with Crippen LogP contribution in [0.25, 0.3) is 0 Å². The van der Waals surface area contributed by atoms with Crippen molar-refractivity contribution in [1.29, 1.82) is 0 Å². The molecule has 0 amide bonds. The van der Waals surface area contributed by atoms with E-state index in [0.29, 0.717) is 23.0 Å². The van der Waals surface area contributed by atoms with Crippen LogP contribution in [0.5, 0.6) is 11.5 Å². The predicted molar refractivity (Wildman–Crippen MR) is 105 cm³/mol. The monoisotopic (exact) mass is 356 g/mol. The summed E-state index contributed by atoms with van der Waals surface area (Å²) in [6.45, 7) is 11.4. The Bertz CT molecular complexity index is 696. The van der Waals surface area contributed by atoms with Gasteiger partial charge in [-0.25, -0.2) is 0 Å². The van der Waals surface area contributed by atoms with Crippen LogP contribution in [0.2, 0.25) is 0 Å². The number of carbonyl (C=O) groups is 1. The van der Waals surface area contributed by atoms with E-state index in [9.17, 15) is 4.79 Å². The number of rotatable bonds is 4. The summed E-state index contributed by atoms with van der Waals surface area (Å²) in [6.07, 6.45) is 5.38. The fourth-order valence-corrected chi connectivity index (χ4v) is 5.53. The van der Waals surface area contributed by atoms with Crippen molar-refractivity contribution in [1.82, 2.24) is 0 Å². The lowest BCUT2D eigenvalue weighted by Crippen LogP contribution is -2.51. The molecule has 2 aliphatic carbocycles. The molecule has 0 heterocycles. The van der Waals surface area contributed by atoms with E-state index in [-0.39, 0.29) is 22.5 Å². The Labute approximate surface area is 157 Å². The summed E-state index contributed by atoms with van der Waals surface area (Å²) in [4.78, 5) is 13.6. The third-order valence-electron chi connectivity index (χ3n) is 7.01. The lowest BCUT2D eigenvalue weighted by Gasteiger charge is -2.57. The van der Waals surface area contributed by atoms with Crippen molar-refractivity contribution >= 4 is 5.78 Å². The first kappa shape index (κ1) is 19.0. The fraction of sp³-hybridized carbons (Fsp3) is 0.609. The van der Waals surface area contributed by atoms with Gasteiger partial charge in [0.05, 0.1) is 14.2 Å². The van der Waals surface area contributed by atoms with Gasteiger partial charge in [-0.1, -0.05) is 39.3 Å². The zero-order valence-corrected chi connectivity index (χ0v) is 16.9. The third kappa shape index (κ3) is 3.17. The summed E-state index contributed by atoms with van der Waals surface area (Å²) in [5.41, 5.74) is 2.18. The topological polar surface area (TPSA) is 35.5 Å². The Hall–Kier alpha value is -1.77. The van der Waals surface area contributed by atoms with E-state index in [2.05, 4.69) is 27.4 Å². The molecule has 0 bridgehead atoms. The van der Waals surface area contributed by atoms with Crippen LogP contribution in [0.1, 0.15) is 63.2 Å². The van der Waals surface area contributed by atoms with Gasteiger partial charge in [-0.2, -0.15) is 0 Å². The molecule has 0 N–H and O–H groups in total. The van der Waals surface area contributed by atoms with Gasteiger partial charge in [0.15, 0.2) is 5.78 Å². The lowest BCUT2D eigenvalue weighted by molar-refractivity contribution is -0.0470. The number of ether oxygens (including phenoxy) is 2. The normalized spacial score (nSPS) is 30.4. The maximum absolute atomic E-state index is 13.6. The van der Waals surface area contributed by atoms with Crippen molar-refractivity contribution in [3.05, 3.63) is 35.9 Å². The highest BCUT2D eigenvalue weighted by Gasteiger charge is 2.54. The van der Waals surface area contributed by atoms with Gasteiger partial charge in [0.25, 0.3) is 0 Å². The number of hydrogen-bond donors (Lipinski definition) is 0. The second-order valence-electron chi connectivity index (χ2n) is 9.08. The Morgan fingerprint density at radius 2 is 1.65 bits per heavy atom. The molecule has 3 rings (SSSR count). The molecule has 142 valence electrons. The quantitative estimate of drug-likeness (QED) is 0.514. The standard InChI is InChI=1S/C23H32O3/c1-15-10-19(23(4)9-7-8-22(2,3)20(23)11-15)21(24)16-12-17(25-5)14-18(13-16)26-6/h12-14,19-20H,1,7-11H2,2-6H3/t19-,20?,23-/m1/s1. The maximum Gasteiger partial charge on any atom is 0.167 e. The SMILES string of the molecule is C=C1CC2C(C)(C)CCC[C@]2(C)[C@@H](C(=O)c2cc(OC)cc(OC)c2)C1. The highest BCUT2D eigenvalue weighted by atomic mass is 16.5. The van der Waals surface area contributed by atoms with Crippen LogP contribution >= 0.6 is 0 Å². The van der Waals surface area contributed by atoms with Crippen LogP contribution in [0.15, 0.2) is 30.4 Å². The molecule has 3 nitrogen and oxygen atoms in total. The molecule has 2 saturated carbocycles. The van der Waals surface area contributed by atoms with Crippen LogP contribution in [0.4, 0.5) is 0 Å². The van der Waals surface area contributed by atoms with E-state index in [0.717, 1.165) is 19.3 Å². The number of ketones is 1. The van der Waals surface area contributed by atoms with Gasteiger partial charge < -0.3 is 9.47 Å². The van der Waals surface area contributed by atoms with Gasteiger partial charge in [-0.3, -0.25) is 4.79 Å². The Balaban J connectivity index is 2.01. The molecule has 0 spiro atoms. The van der Waals surface area contributed by atoms with Gasteiger partial charge >= 0.3 is 0 Å². The highest BCUT2D eigenvalue weighted by molar-refractivity contribution is 5.99. The van der Waals surface area contributed by atoms with Gasteiger partial charge in [0.2, 0.25) is 0 Å². The van der Waals surface area contributed by atoms with Gasteiger partial charge in [-0.05, 0) is 54.6 Å². The second kappa shape index (κ2) is 6.75. The molecule has 0 radical (unpaired) electrons. The third-order valence-corrected chi connectivity index (χ3v) is 7.01. The number of Topliss-reactive ketones (excluding diaryl/α,β-unsaturated/α-hetero) is 1. The molecule has 3 atom stereocenters. The number of carbonyl (C=O) groups excluding carboxylic acids is 1. The molecule has 0 saturated heterocycles. The Kier molecular flexibility index (Phi) is 4.94. The highest BCUT2D eigenvalue weighted by Crippen LogP contribution is 2.61. The van der Waals surface area contributed by atoms with Gasteiger partial charge in [0.1, 0.15) is 11.5 Å². The minimum absolute atomic E-state index is 0.0230. The first-order chi connectivity index (χ1) is 12.2. The van der Waals surface area contributed by atoms with Crippen molar-refractivity contribution in [3.63, 3.8) is 0 Å². The summed E-state index contributed by atoms with van der Waals surface area (Å²) in [5, 5.41) is 0. The molecule has 0 aliphatic heterocycles.